The lowest BCUT2D eigenvalue weighted by atomic mass is 10.0. The van der Waals surface area contributed by atoms with Crippen LogP contribution in [0.15, 0.2) is 50.6 Å². The average molecular weight is 396 g/mol. The molecule has 0 radical (unpaired) electrons. The zero-order valence-electron chi connectivity index (χ0n) is 13.6. The molecule has 0 aliphatic carbocycles. The Balaban J connectivity index is -0.000000350. The molecule has 0 unspecified atom stereocenters. The second-order valence-electron chi connectivity index (χ2n) is 5.30. The Morgan fingerprint density at radius 3 is 1.64 bits per heavy atom. The topological polar surface area (TPSA) is 36.8 Å². The maximum Gasteiger partial charge on any atom is 0.0973 e. The number of hydrogen-bond acceptors (Lipinski definition) is 1. The van der Waals surface area contributed by atoms with Crippen LogP contribution in [0.4, 0.5) is 0 Å². The molecule has 1 heterocycles. The van der Waals surface area contributed by atoms with Gasteiger partial charge in [0.25, 0.3) is 0 Å². The third kappa shape index (κ3) is 12.2. The maximum absolute atomic E-state index is 9.42. The molecule has 0 bridgehead atoms. The van der Waals surface area contributed by atoms with Crippen LogP contribution in [0, 0.1) is 0 Å². The highest BCUT2D eigenvalue weighted by molar-refractivity contribution is 4.75. The van der Waals surface area contributed by atoms with Crippen LogP contribution >= 0.6 is 0 Å². The third-order valence-corrected chi connectivity index (χ3v) is 3.57. The number of likely N-dealkylation sites (tertiary alicyclic amines) is 1. The van der Waals surface area contributed by atoms with Gasteiger partial charge in [-0.25, -0.2) is 0 Å². The minimum atomic E-state index is -0.0825. The molecule has 1 rings (SSSR count). The van der Waals surface area contributed by atoms with E-state index in [1.54, 1.807) is 0 Å². The van der Waals surface area contributed by atoms with Gasteiger partial charge in [-0.15, -0.1) is 0 Å². The number of rotatable bonds is 8. The van der Waals surface area contributed by atoms with E-state index >= 15 is 0 Å². The number of halogens is 2. The van der Waals surface area contributed by atoms with Crippen LogP contribution in [0.25, 0.3) is 0 Å². The van der Waals surface area contributed by atoms with Crippen LogP contribution < -0.4 is 34.7 Å². The molecule has 0 aromatic rings. The van der Waals surface area contributed by atoms with E-state index < -0.39 is 0 Å². The van der Waals surface area contributed by atoms with Gasteiger partial charge in [-0.05, 0) is 24.3 Å². The van der Waals surface area contributed by atoms with Crippen molar-refractivity contribution in [3.8, 4) is 0 Å². The quantitative estimate of drug-likeness (QED) is 0.242. The van der Waals surface area contributed by atoms with E-state index in [4.69, 9.17) is 0 Å². The first-order chi connectivity index (χ1) is 9.64. The van der Waals surface area contributed by atoms with Crippen molar-refractivity contribution in [2.45, 2.75) is 18.9 Å². The molecule has 1 fully saturated rings. The van der Waals surface area contributed by atoms with Crippen molar-refractivity contribution < 1.29 is 44.3 Å². The van der Waals surface area contributed by atoms with Crippen LogP contribution in [0.5, 0.6) is 0 Å². The van der Waals surface area contributed by atoms with Gasteiger partial charge in [0.2, 0.25) is 0 Å². The van der Waals surface area contributed by atoms with Crippen LogP contribution in [-0.4, -0.2) is 55.0 Å². The normalized spacial score (nSPS) is 15.9. The summed E-state index contributed by atoms with van der Waals surface area (Å²) in [4.78, 5) is 0. The van der Waals surface area contributed by atoms with E-state index in [2.05, 4.69) is 31.6 Å². The Labute approximate surface area is 153 Å². The summed E-state index contributed by atoms with van der Waals surface area (Å²) in [5.41, 5.74) is 0. The number of nitrogens with two attached hydrogens (primary N) is 1. The van der Waals surface area contributed by atoms with Gasteiger partial charge in [-0.3, -0.25) is 0 Å². The van der Waals surface area contributed by atoms with Gasteiger partial charge >= 0.3 is 0 Å². The summed E-state index contributed by atoms with van der Waals surface area (Å²) in [5.74, 6) is 0. The van der Waals surface area contributed by atoms with Gasteiger partial charge in [0.05, 0.1) is 45.4 Å². The van der Waals surface area contributed by atoms with Crippen molar-refractivity contribution in [1.29, 1.82) is 0 Å². The molecule has 1 aliphatic rings. The number of aliphatic hydroxyl groups excluding tert-OH is 1. The van der Waals surface area contributed by atoms with E-state index in [1.165, 1.54) is 0 Å². The molecule has 5 heteroatoms. The average Bonchev–Trinajstić information content (AvgIpc) is 2.44. The smallest absolute Gasteiger partial charge is 0.0973 e. The zero-order chi connectivity index (χ0) is 15.3. The Bertz CT molecular complexity index is 283. The Kier molecular flexibility index (Phi) is 20.4. The second kappa shape index (κ2) is 17.0. The SMILES string of the molecule is C=CC[N+]1(CC=C)CCC(O)CC1.C=CC[NH2+]CC=C.[Br-].[Cl-]. The van der Waals surface area contributed by atoms with E-state index in [1.807, 2.05) is 24.3 Å². The number of aliphatic hydroxyl groups is 1. The van der Waals surface area contributed by atoms with Crippen LogP contribution in [0.2, 0.25) is 0 Å². The third-order valence-electron chi connectivity index (χ3n) is 3.57. The summed E-state index contributed by atoms with van der Waals surface area (Å²) in [6, 6.07) is 0. The van der Waals surface area contributed by atoms with Crippen LogP contribution in [-0.2, 0) is 0 Å². The number of quaternary nitrogens is 2. The zero-order valence-corrected chi connectivity index (χ0v) is 15.9. The van der Waals surface area contributed by atoms with Crippen molar-refractivity contribution in [3.63, 3.8) is 0 Å². The standard InChI is InChI=1S/C11H20NO.C6H11N.BrH.ClH/c1-3-7-12(8-4-2)9-5-11(13)6-10-12;1-3-5-7-6-4-2;;/h3-4,11,13H,1-2,5-10H2;3-4,7H,1-2,5-6H2;2*1H/q+1;;;/p-1. The lowest BCUT2D eigenvalue weighted by molar-refractivity contribution is -0.922. The van der Waals surface area contributed by atoms with E-state index in [0.29, 0.717) is 0 Å². The lowest BCUT2D eigenvalue weighted by Gasteiger charge is -2.41. The first-order valence-corrected chi connectivity index (χ1v) is 7.42. The first-order valence-electron chi connectivity index (χ1n) is 7.42. The van der Waals surface area contributed by atoms with E-state index in [-0.39, 0.29) is 35.5 Å². The predicted molar refractivity (Wildman–Crippen MR) is 87.4 cm³/mol. The molecule has 0 atom stereocenters. The molecule has 0 saturated carbocycles. The van der Waals surface area contributed by atoms with Crippen LogP contribution in [0.1, 0.15) is 12.8 Å². The van der Waals surface area contributed by atoms with Gasteiger partial charge in [0.1, 0.15) is 0 Å². The molecular formula is C17H32BrClN2O. The summed E-state index contributed by atoms with van der Waals surface area (Å²) in [6.07, 6.45) is 9.46. The minimum absolute atomic E-state index is 0. The Morgan fingerprint density at radius 1 is 0.909 bits per heavy atom. The summed E-state index contributed by atoms with van der Waals surface area (Å²) in [5, 5.41) is 11.5. The molecule has 3 nitrogen and oxygen atoms in total. The highest BCUT2D eigenvalue weighted by Gasteiger charge is 2.30. The van der Waals surface area contributed by atoms with E-state index in [9.17, 15) is 5.11 Å². The molecule has 0 spiro atoms. The fraction of sp³-hybridized carbons (Fsp3) is 0.529. The highest BCUT2D eigenvalue weighted by Crippen LogP contribution is 2.19. The highest BCUT2D eigenvalue weighted by atomic mass is 79.9. The summed E-state index contributed by atoms with van der Waals surface area (Å²) < 4.78 is 1.03. The molecule has 22 heavy (non-hydrogen) atoms. The predicted octanol–water partition coefficient (Wildman–Crippen LogP) is -4.74. The van der Waals surface area contributed by atoms with Gasteiger partial charge in [0, 0.05) is 12.8 Å². The largest absolute Gasteiger partial charge is 1.00 e. The summed E-state index contributed by atoms with van der Waals surface area (Å²) in [7, 11) is 0. The van der Waals surface area contributed by atoms with Crippen LogP contribution in [0.3, 0.4) is 0 Å². The van der Waals surface area contributed by atoms with Crippen molar-refractivity contribution in [2.75, 3.05) is 39.3 Å². The monoisotopic (exact) mass is 394 g/mol. The van der Waals surface area contributed by atoms with Crippen molar-refractivity contribution >= 4 is 0 Å². The van der Waals surface area contributed by atoms with Gasteiger partial charge in [0.15, 0.2) is 0 Å². The lowest BCUT2D eigenvalue weighted by Crippen LogP contribution is -3.00. The summed E-state index contributed by atoms with van der Waals surface area (Å²) in [6.45, 7) is 20.8. The Morgan fingerprint density at radius 2 is 1.32 bits per heavy atom. The van der Waals surface area contributed by atoms with E-state index in [0.717, 1.165) is 56.6 Å². The molecular weight excluding hydrogens is 364 g/mol. The molecule has 0 amide bonds. The molecule has 1 aliphatic heterocycles. The van der Waals surface area contributed by atoms with Crippen molar-refractivity contribution in [1.82, 2.24) is 0 Å². The van der Waals surface area contributed by atoms with Gasteiger partial charge < -0.3 is 44.3 Å². The number of hydrogen-bond donors (Lipinski definition) is 2. The Hall–Kier alpha value is -0.390. The number of piperidine rings is 1. The molecule has 0 aromatic heterocycles. The van der Waals surface area contributed by atoms with Crippen molar-refractivity contribution in [2.24, 2.45) is 0 Å². The maximum atomic E-state index is 9.42. The van der Waals surface area contributed by atoms with Gasteiger partial charge in [-0.1, -0.05) is 26.3 Å². The van der Waals surface area contributed by atoms with Gasteiger partial charge in [-0.2, -0.15) is 0 Å². The fourth-order valence-corrected chi connectivity index (χ4v) is 2.42. The molecule has 0 aromatic carbocycles. The molecule has 1 saturated heterocycles. The molecule has 3 N–H and O–H groups in total. The van der Waals surface area contributed by atoms with Crippen molar-refractivity contribution in [3.05, 3.63) is 50.6 Å². The fourth-order valence-electron chi connectivity index (χ4n) is 2.42. The first kappa shape index (κ1) is 26.5. The minimum Gasteiger partial charge on any atom is -1.00 e. The summed E-state index contributed by atoms with van der Waals surface area (Å²) >= 11 is 0. The second-order valence-corrected chi connectivity index (χ2v) is 5.30. The molecule has 130 valence electrons. The number of nitrogens with zero attached hydrogens (tertiary/aromatic N) is 1.